The molecule has 1 aromatic rings. The van der Waals surface area contributed by atoms with Gasteiger partial charge in [0.25, 0.3) is 5.91 Å². The monoisotopic (exact) mass is 276 g/mol. The molecule has 2 rings (SSSR count). The molecule has 0 aliphatic carbocycles. The molecule has 0 saturated carbocycles. The van der Waals surface area contributed by atoms with Crippen molar-refractivity contribution in [3.63, 3.8) is 0 Å². The molecule has 19 heavy (non-hydrogen) atoms. The molecule has 0 bridgehead atoms. The minimum Gasteiger partial charge on any atom is -0.354 e. The van der Waals surface area contributed by atoms with Crippen LogP contribution in [0.2, 0.25) is 0 Å². The van der Waals surface area contributed by atoms with Crippen molar-refractivity contribution in [2.75, 3.05) is 33.1 Å². The van der Waals surface area contributed by atoms with Crippen LogP contribution in [0.1, 0.15) is 5.56 Å². The number of amides is 1. The fourth-order valence-corrected chi connectivity index (χ4v) is 1.97. The molecular formula is C13H16N4OS. The van der Waals surface area contributed by atoms with Crippen molar-refractivity contribution in [2.24, 2.45) is 5.10 Å². The minimum atomic E-state index is -0.116. The zero-order chi connectivity index (χ0) is 14.2. The summed E-state index contributed by atoms with van der Waals surface area (Å²) in [5, 5.41) is 6.43. The van der Waals surface area contributed by atoms with E-state index < -0.39 is 0 Å². The SMILES string of the molecule is CN(C)C(=S)N(C)/N=C1/C(=O)N(C)c2ccccc21. The second-order valence-corrected chi connectivity index (χ2v) is 4.90. The summed E-state index contributed by atoms with van der Waals surface area (Å²) in [4.78, 5) is 15.6. The number of benzene rings is 1. The maximum Gasteiger partial charge on any atom is 0.279 e. The molecule has 1 heterocycles. The van der Waals surface area contributed by atoms with Crippen LogP contribution >= 0.6 is 12.2 Å². The van der Waals surface area contributed by atoms with E-state index >= 15 is 0 Å². The van der Waals surface area contributed by atoms with Crippen LogP contribution in [0.4, 0.5) is 5.69 Å². The van der Waals surface area contributed by atoms with E-state index in [1.807, 2.05) is 38.4 Å². The molecule has 0 aromatic heterocycles. The number of hydrogen-bond acceptors (Lipinski definition) is 3. The largest absolute Gasteiger partial charge is 0.354 e. The van der Waals surface area contributed by atoms with Crippen LogP contribution in [0.15, 0.2) is 29.4 Å². The molecule has 0 saturated heterocycles. The third-order valence-corrected chi connectivity index (χ3v) is 3.57. The Morgan fingerprint density at radius 1 is 1.26 bits per heavy atom. The lowest BCUT2D eigenvalue weighted by Gasteiger charge is -2.21. The van der Waals surface area contributed by atoms with E-state index in [4.69, 9.17) is 12.2 Å². The molecular weight excluding hydrogens is 260 g/mol. The van der Waals surface area contributed by atoms with Gasteiger partial charge in [-0.15, -0.1) is 0 Å². The zero-order valence-corrected chi connectivity index (χ0v) is 12.2. The predicted molar refractivity (Wildman–Crippen MR) is 80.4 cm³/mol. The summed E-state index contributed by atoms with van der Waals surface area (Å²) < 4.78 is 0. The summed E-state index contributed by atoms with van der Waals surface area (Å²) in [5.41, 5.74) is 2.13. The van der Waals surface area contributed by atoms with Gasteiger partial charge in [0, 0.05) is 33.8 Å². The van der Waals surface area contributed by atoms with E-state index in [2.05, 4.69) is 5.10 Å². The van der Waals surface area contributed by atoms with Crippen LogP contribution in [-0.2, 0) is 4.79 Å². The molecule has 0 atom stereocenters. The number of anilines is 1. The normalized spacial score (nSPS) is 15.7. The number of carbonyl (C=O) groups is 1. The van der Waals surface area contributed by atoms with Crippen LogP contribution in [-0.4, -0.2) is 54.8 Å². The fraction of sp³-hybridized carbons (Fsp3) is 0.308. The molecule has 100 valence electrons. The maximum atomic E-state index is 12.2. The van der Waals surface area contributed by atoms with Crippen LogP contribution in [0, 0.1) is 0 Å². The van der Waals surface area contributed by atoms with Gasteiger partial charge < -0.3 is 9.80 Å². The number of rotatable bonds is 1. The van der Waals surface area contributed by atoms with E-state index in [0.717, 1.165) is 11.3 Å². The lowest BCUT2D eigenvalue weighted by atomic mass is 10.1. The molecule has 1 aliphatic rings. The van der Waals surface area contributed by atoms with Gasteiger partial charge in [0.2, 0.25) is 0 Å². The van der Waals surface area contributed by atoms with Gasteiger partial charge in [-0.3, -0.25) is 4.79 Å². The number of thiocarbonyl (C=S) groups is 1. The molecule has 0 radical (unpaired) electrons. The van der Waals surface area contributed by atoms with Gasteiger partial charge in [-0.05, 0) is 18.3 Å². The number of fused-ring (bicyclic) bond motifs is 1. The molecule has 0 spiro atoms. The van der Waals surface area contributed by atoms with Crippen molar-refractivity contribution in [1.29, 1.82) is 0 Å². The van der Waals surface area contributed by atoms with Crippen molar-refractivity contribution < 1.29 is 4.79 Å². The summed E-state index contributed by atoms with van der Waals surface area (Å²) in [5.74, 6) is -0.116. The standard InChI is InChI=1S/C13H16N4OS/c1-15(2)13(19)17(4)14-11-9-7-5-6-8-10(9)16(3)12(11)18/h5-8H,1-4H3/b14-11+. The van der Waals surface area contributed by atoms with Crippen LogP contribution in [0.5, 0.6) is 0 Å². The van der Waals surface area contributed by atoms with Gasteiger partial charge in [0.1, 0.15) is 0 Å². The Kier molecular flexibility index (Phi) is 3.53. The highest BCUT2D eigenvalue weighted by molar-refractivity contribution is 7.80. The number of hydrazone groups is 1. The molecule has 1 aromatic carbocycles. The summed E-state index contributed by atoms with van der Waals surface area (Å²) in [7, 11) is 7.17. The first-order chi connectivity index (χ1) is 8.93. The highest BCUT2D eigenvalue weighted by Gasteiger charge is 2.31. The van der Waals surface area contributed by atoms with E-state index in [9.17, 15) is 4.79 Å². The Morgan fingerprint density at radius 2 is 1.89 bits per heavy atom. The van der Waals surface area contributed by atoms with Crippen molar-refractivity contribution in [2.45, 2.75) is 0 Å². The van der Waals surface area contributed by atoms with E-state index in [1.54, 1.807) is 28.9 Å². The smallest absolute Gasteiger partial charge is 0.279 e. The summed E-state index contributed by atoms with van der Waals surface area (Å²) >= 11 is 5.22. The van der Waals surface area contributed by atoms with Gasteiger partial charge in [0.15, 0.2) is 10.8 Å². The van der Waals surface area contributed by atoms with Gasteiger partial charge in [-0.2, -0.15) is 5.10 Å². The van der Waals surface area contributed by atoms with Gasteiger partial charge in [-0.25, -0.2) is 5.01 Å². The van der Waals surface area contributed by atoms with E-state index in [1.165, 1.54) is 0 Å². The average Bonchev–Trinajstić information content (AvgIpc) is 2.63. The zero-order valence-electron chi connectivity index (χ0n) is 11.4. The summed E-state index contributed by atoms with van der Waals surface area (Å²) in [6.45, 7) is 0. The van der Waals surface area contributed by atoms with Gasteiger partial charge in [0.05, 0.1) is 5.69 Å². The lowest BCUT2D eigenvalue weighted by Crippen LogP contribution is -2.35. The molecule has 0 N–H and O–H groups in total. The molecule has 1 aliphatic heterocycles. The lowest BCUT2D eigenvalue weighted by molar-refractivity contribution is -0.112. The van der Waals surface area contributed by atoms with Crippen molar-refractivity contribution in [3.8, 4) is 0 Å². The Balaban J connectivity index is 2.41. The second kappa shape index (κ2) is 4.97. The molecule has 6 heteroatoms. The quantitative estimate of drug-likeness (QED) is 0.570. The number of nitrogens with zero attached hydrogens (tertiary/aromatic N) is 4. The summed E-state index contributed by atoms with van der Waals surface area (Å²) in [6.07, 6.45) is 0. The fourth-order valence-electron chi connectivity index (χ4n) is 1.93. The van der Waals surface area contributed by atoms with Crippen LogP contribution in [0.3, 0.4) is 0 Å². The van der Waals surface area contributed by atoms with Crippen molar-refractivity contribution in [3.05, 3.63) is 29.8 Å². The molecule has 0 unspecified atom stereocenters. The minimum absolute atomic E-state index is 0.116. The first-order valence-corrected chi connectivity index (χ1v) is 6.25. The predicted octanol–water partition coefficient (Wildman–Crippen LogP) is 1.15. The first-order valence-electron chi connectivity index (χ1n) is 5.84. The Hall–Kier alpha value is -1.95. The molecule has 5 nitrogen and oxygen atoms in total. The van der Waals surface area contributed by atoms with Gasteiger partial charge >= 0.3 is 0 Å². The number of likely N-dealkylation sites (N-methyl/N-ethyl adjacent to an activating group) is 1. The van der Waals surface area contributed by atoms with Crippen LogP contribution < -0.4 is 4.90 Å². The topological polar surface area (TPSA) is 39.1 Å². The average molecular weight is 276 g/mol. The second-order valence-electron chi connectivity index (χ2n) is 4.53. The molecule has 1 amide bonds. The number of hydrogen-bond donors (Lipinski definition) is 0. The van der Waals surface area contributed by atoms with Gasteiger partial charge in [-0.1, -0.05) is 18.2 Å². The Bertz CT molecular complexity index is 568. The number of carbonyl (C=O) groups excluding carboxylic acids is 1. The van der Waals surface area contributed by atoms with E-state index in [0.29, 0.717) is 10.8 Å². The van der Waals surface area contributed by atoms with Crippen LogP contribution in [0.25, 0.3) is 0 Å². The van der Waals surface area contributed by atoms with E-state index in [-0.39, 0.29) is 5.91 Å². The summed E-state index contributed by atoms with van der Waals surface area (Å²) in [6, 6.07) is 7.59. The molecule has 0 fully saturated rings. The third kappa shape index (κ3) is 2.31. The number of para-hydroxylation sites is 1. The van der Waals surface area contributed by atoms with Crippen molar-refractivity contribution >= 4 is 34.6 Å². The highest BCUT2D eigenvalue weighted by Crippen LogP contribution is 2.27. The third-order valence-electron chi connectivity index (χ3n) is 2.94. The Morgan fingerprint density at radius 3 is 2.53 bits per heavy atom. The highest BCUT2D eigenvalue weighted by atomic mass is 32.1. The first kappa shape index (κ1) is 13.5. The Labute approximate surface area is 118 Å². The van der Waals surface area contributed by atoms with Crippen molar-refractivity contribution in [1.82, 2.24) is 9.91 Å². The maximum absolute atomic E-state index is 12.2.